The van der Waals surface area contributed by atoms with Crippen LogP contribution in [0.2, 0.25) is 5.02 Å². The molecule has 2 aromatic rings. The van der Waals surface area contributed by atoms with Crippen molar-refractivity contribution in [2.75, 3.05) is 5.32 Å². The average Bonchev–Trinajstić information content (AvgIpc) is 2.33. The summed E-state index contributed by atoms with van der Waals surface area (Å²) in [5, 5.41) is 3.53. The number of anilines is 2. The molecule has 3 N–H and O–H groups in total. The lowest BCUT2D eigenvalue weighted by Gasteiger charge is -2.09. The molecule has 98 valence electrons. The summed E-state index contributed by atoms with van der Waals surface area (Å²) in [5.74, 6) is -0.254. The van der Waals surface area contributed by atoms with Crippen molar-refractivity contribution in [2.24, 2.45) is 5.73 Å². The normalized spacial score (nSPS) is 10.3. The zero-order valence-electron chi connectivity index (χ0n) is 10.2. The summed E-state index contributed by atoms with van der Waals surface area (Å²) in [6.07, 6.45) is 0. The number of hydrogen-bond acceptors (Lipinski definition) is 2. The molecular formula is C14H12ClFN2S. The second-order valence-electron chi connectivity index (χ2n) is 4.15. The van der Waals surface area contributed by atoms with Crippen molar-refractivity contribution in [3.63, 3.8) is 0 Å². The molecule has 0 bridgehead atoms. The first-order valence-electron chi connectivity index (χ1n) is 5.60. The van der Waals surface area contributed by atoms with Crippen LogP contribution in [-0.4, -0.2) is 4.99 Å². The quantitative estimate of drug-likeness (QED) is 0.835. The highest BCUT2D eigenvalue weighted by atomic mass is 35.5. The molecule has 0 spiro atoms. The Kier molecular flexibility index (Phi) is 4.02. The zero-order chi connectivity index (χ0) is 14.0. The summed E-state index contributed by atoms with van der Waals surface area (Å²) in [6.45, 7) is 1.72. The van der Waals surface area contributed by atoms with Crippen molar-refractivity contribution < 1.29 is 4.39 Å². The molecule has 19 heavy (non-hydrogen) atoms. The highest BCUT2D eigenvalue weighted by molar-refractivity contribution is 7.80. The first kappa shape index (κ1) is 13.8. The lowest BCUT2D eigenvalue weighted by atomic mass is 10.2. The number of nitrogens with one attached hydrogen (secondary N) is 1. The molecule has 0 amide bonds. The molecule has 0 unspecified atom stereocenters. The Morgan fingerprint density at radius 3 is 2.42 bits per heavy atom. The van der Waals surface area contributed by atoms with Gasteiger partial charge in [0.15, 0.2) is 0 Å². The highest BCUT2D eigenvalue weighted by Crippen LogP contribution is 2.24. The first-order valence-corrected chi connectivity index (χ1v) is 6.38. The maximum Gasteiger partial charge on any atom is 0.128 e. The Hall–Kier alpha value is -1.65. The zero-order valence-corrected chi connectivity index (χ0v) is 11.8. The van der Waals surface area contributed by atoms with Gasteiger partial charge >= 0.3 is 0 Å². The van der Waals surface area contributed by atoms with Gasteiger partial charge in [0.05, 0.1) is 5.02 Å². The van der Waals surface area contributed by atoms with E-state index in [1.165, 1.54) is 6.07 Å². The van der Waals surface area contributed by atoms with E-state index in [4.69, 9.17) is 29.6 Å². The van der Waals surface area contributed by atoms with Crippen LogP contribution in [0.5, 0.6) is 0 Å². The van der Waals surface area contributed by atoms with E-state index < -0.39 is 0 Å². The number of thiocarbonyl (C=S) groups is 1. The van der Waals surface area contributed by atoms with Gasteiger partial charge in [0.2, 0.25) is 0 Å². The van der Waals surface area contributed by atoms with Crippen LogP contribution in [-0.2, 0) is 0 Å². The van der Waals surface area contributed by atoms with Gasteiger partial charge < -0.3 is 11.1 Å². The molecule has 0 heterocycles. The first-order chi connectivity index (χ1) is 8.97. The van der Waals surface area contributed by atoms with Crippen LogP contribution in [0.15, 0.2) is 36.4 Å². The molecule has 0 aliphatic heterocycles. The third-order valence-electron chi connectivity index (χ3n) is 2.70. The fraction of sp³-hybridized carbons (Fsp3) is 0.0714. The van der Waals surface area contributed by atoms with E-state index >= 15 is 0 Å². The third-order valence-corrected chi connectivity index (χ3v) is 3.23. The van der Waals surface area contributed by atoms with Gasteiger partial charge in [0.1, 0.15) is 10.8 Å². The van der Waals surface area contributed by atoms with E-state index in [0.29, 0.717) is 21.8 Å². The summed E-state index contributed by atoms with van der Waals surface area (Å²) in [7, 11) is 0. The summed E-state index contributed by atoms with van der Waals surface area (Å²) in [6, 6.07) is 10.2. The molecule has 0 fully saturated rings. The molecule has 0 saturated heterocycles. The maximum atomic E-state index is 13.4. The lowest BCUT2D eigenvalue weighted by Crippen LogP contribution is -2.09. The number of aryl methyl sites for hydroxylation is 1. The van der Waals surface area contributed by atoms with Crippen LogP contribution >= 0.6 is 23.8 Å². The van der Waals surface area contributed by atoms with Crippen LogP contribution in [0.25, 0.3) is 0 Å². The van der Waals surface area contributed by atoms with Gasteiger partial charge in [-0.1, -0.05) is 29.9 Å². The summed E-state index contributed by atoms with van der Waals surface area (Å²) >= 11 is 10.9. The Balaban J connectivity index is 2.26. The van der Waals surface area contributed by atoms with E-state index in [0.717, 1.165) is 5.69 Å². The van der Waals surface area contributed by atoms with Gasteiger partial charge in [-0.25, -0.2) is 4.39 Å². The van der Waals surface area contributed by atoms with Gasteiger partial charge in [-0.05, 0) is 42.8 Å². The Labute approximate surface area is 121 Å². The molecule has 2 rings (SSSR count). The van der Waals surface area contributed by atoms with Crippen molar-refractivity contribution in [3.05, 3.63) is 58.4 Å². The summed E-state index contributed by atoms with van der Waals surface area (Å²) < 4.78 is 13.4. The smallest absolute Gasteiger partial charge is 0.128 e. The minimum atomic E-state index is -0.254. The molecule has 0 aromatic heterocycles. The standard InChI is InChI=1S/C14H12ClFN2S/c1-8-2-3-10(7-13(8)16)18-9-4-5-11(14(17)19)12(15)6-9/h2-7,18H,1H3,(H2,17,19). The molecule has 0 radical (unpaired) electrons. The predicted octanol–water partition coefficient (Wildman–Crippen LogP) is 4.17. The molecule has 2 aromatic carbocycles. The van der Waals surface area contributed by atoms with Crippen LogP contribution in [0.1, 0.15) is 11.1 Å². The molecule has 0 aliphatic carbocycles. The van der Waals surface area contributed by atoms with Crippen LogP contribution in [0, 0.1) is 12.7 Å². The van der Waals surface area contributed by atoms with Gasteiger partial charge in [-0.3, -0.25) is 0 Å². The molecule has 0 aliphatic rings. The fourth-order valence-electron chi connectivity index (χ4n) is 1.63. The molecule has 2 nitrogen and oxygen atoms in total. The molecule has 0 atom stereocenters. The monoisotopic (exact) mass is 294 g/mol. The van der Waals surface area contributed by atoms with Gasteiger partial charge in [-0.15, -0.1) is 0 Å². The van der Waals surface area contributed by atoms with E-state index in [2.05, 4.69) is 5.32 Å². The van der Waals surface area contributed by atoms with Gasteiger partial charge in [0.25, 0.3) is 0 Å². The SMILES string of the molecule is Cc1ccc(Nc2ccc(C(N)=S)c(Cl)c2)cc1F. The number of rotatable bonds is 3. The predicted molar refractivity (Wildman–Crippen MR) is 81.8 cm³/mol. The van der Waals surface area contributed by atoms with Crippen LogP contribution in [0.4, 0.5) is 15.8 Å². The Bertz CT molecular complexity index is 643. The number of halogens is 2. The van der Waals surface area contributed by atoms with Crippen molar-refractivity contribution in [1.82, 2.24) is 0 Å². The topological polar surface area (TPSA) is 38.0 Å². The highest BCUT2D eigenvalue weighted by Gasteiger charge is 2.05. The largest absolute Gasteiger partial charge is 0.389 e. The fourth-order valence-corrected chi connectivity index (χ4v) is 2.15. The van der Waals surface area contributed by atoms with E-state index in [-0.39, 0.29) is 10.8 Å². The van der Waals surface area contributed by atoms with E-state index in [1.54, 1.807) is 37.3 Å². The van der Waals surface area contributed by atoms with Crippen molar-refractivity contribution >= 4 is 40.2 Å². The van der Waals surface area contributed by atoms with Crippen molar-refractivity contribution in [1.29, 1.82) is 0 Å². The molecule has 5 heteroatoms. The number of benzene rings is 2. The molecular weight excluding hydrogens is 283 g/mol. The van der Waals surface area contributed by atoms with Crippen molar-refractivity contribution in [2.45, 2.75) is 6.92 Å². The van der Waals surface area contributed by atoms with Crippen LogP contribution in [0.3, 0.4) is 0 Å². The maximum absolute atomic E-state index is 13.4. The summed E-state index contributed by atoms with van der Waals surface area (Å²) in [4.78, 5) is 0.248. The number of nitrogens with two attached hydrogens (primary N) is 1. The minimum Gasteiger partial charge on any atom is -0.389 e. The minimum absolute atomic E-state index is 0.248. The van der Waals surface area contributed by atoms with Gasteiger partial charge in [0, 0.05) is 16.9 Å². The van der Waals surface area contributed by atoms with Crippen LogP contribution < -0.4 is 11.1 Å². The Morgan fingerprint density at radius 2 is 1.84 bits per heavy atom. The van der Waals surface area contributed by atoms with Gasteiger partial charge in [-0.2, -0.15) is 0 Å². The summed E-state index contributed by atoms with van der Waals surface area (Å²) in [5.41, 5.74) is 8.16. The Morgan fingerprint density at radius 1 is 1.21 bits per heavy atom. The molecule has 0 saturated carbocycles. The van der Waals surface area contributed by atoms with E-state index in [1.807, 2.05) is 0 Å². The second-order valence-corrected chi connectivity index (χ2v) is 4.99. The second kappa shape index (κ2) is 5.55. The average molecular weight is 295 g/mol. The van der Waals surface area contributed by atoms with E-state index in [9.17, 15) is 4.39 Å². The third kappa shape index (κ3) is 3.22. The number of hydrogen-bond donors (Lipinski definition) is 2. The van der Waals surface area contributed by atoms with Crippen molar-refractivity contribution in [3.8, 4) is 0 Å². The lowest BCUT2D eigenvalue weighted by molar-refractivity contribution is 0.619.